The summed E-state index contributed by atoms with van der Waals surface area (Å²) in [7, 11) is 0. The second-order valence-corrected chi connectivity index (χ2v) is 3.92. The van der Waals surface area contributed by atoms with Crippen LogP contribution in [-0.4, -0.2) is 39.1 Å². The lowest BCUT2D eigenvalue weighted by Gasteiger charge is -2.35. The molecule has 0 aromatic heterocycles. The Morgan fingerprint density at radius 1 is 1.27 bits per heavy atom. The molecule has 0 amide bonds. The first-order valence-electron chi connectivity index (χ1n) is 4.90. The van der Waals surface area contributed by atoms with E-state index in [0.29, 0.717) is 32.6 Å². The minimum Gasteiger partial charge on any atom is -0.381 e. The predicted molar refractivity (Wildman–Crippen MR) is 48.4 cm³/mol. The van der Waals surface area contributed by atoms with Gasteiger partial charge in [-0.3, -0.25) is 0 Å². The molecule has 1 rings (SSSR count). The quantitative estimate of drug-likeness (QED) is 0.787. The van der Waals surface area contributed by atoms with Crippen LogP contribution in [0.3, 0.4) is 0 Å². The number of nitrogens with two attached hydrogens (primary N) is 1. The molecule has 1 saturated heterocycles. The highest BCUT2D eigenvalue weighted by Gasteiger charge is 2.34. The number of halogens is 3. The topological polar surface area (TPSA) is 44.5 Å². The van der Waals surface area contributed by atoms with Gasteiger partial charge in [-0.2, -0.15) is 13.2 Å². The molecule has 0 bridgehead atoms. The van der Waals surface area contributed by atoms with E-state index in [1.807, 2.05) is 0 Å². The molecule has 2 N–H and O–H groups in total. The summed E-state index contributed by atoms with van der Waals surface area (Å²) in [6.07, 6.45) is -2.93. The van der Waals surface area contributed by atoms with Crippen molar-refractivity contribution >= 4 is 0 Å². The lowest BCUT2D eigenvalue weighted by Crippen LogP contribution is -2.41. The summed E-state index contributed by atoms with van der Waals surface area (Å²) >= 11 is 0. The van der Waals surface area contributed by atoms with Crippen molar-refractivity contribution < 1.29 is 22.6 Å². The van der Waals surface area contributed by atoms with Crippen LogP contribution in [0.15, 0.2) is 0 Å². The Labute approximate surface area is 86.7 Å². The van der Waals surface area contributed by atoms with Crippen molar-refractivity contribution in [2.24, 2.45) is 11.1 Å². The van der Waals surface area contributed by atoms with Crippen LogP contribution in [0.1, 0.15) is 12.8 Å². The minimum absolute atomic E-state index is 0.0619. The molecular weight excluding hydrogens is 211 g/mol. The van der Waals surface area contributed by atoms with Gasteiger partial charge in [0.1, 0.15) is 6.61 Å². The first-order chi connectivity index (χ1) is 6.97. The molecule has 0 unspecified atom stereocenters. The number of alkyl halides is 3. The average Bonchev–Trinajstić information content (AvgIpc) is 2.17. The Bertz CT molecular complexity index is 190. The fourth-order valence-corrected chi connectivity index (χ4v) is 1.60. The van der Waals surface area contributed by atoms with Crippen LogP contribution in [0, 0.1) is 5.41 Å². The molecule has 0 spiro atoms. The molecule has 3 nitrogen and oxygen atoms in total. The Balaban J connectivity index is 2.33. The highest BCUT2D eigenvalue weighted by atomic mass is 19.4. The molecular formula is C9H16F3NO2. The van der Waals surface area contributed by atoms with Gasteiger partial charge in [0.05, 0.1) is 6.61 Å². The normalized spacial score (nSPS) is 21.6. The third-order valence-corrected chi connectivity index (χ3v) is 2.66. The van der Waals surface area contributed by atoms with E-state index < -0.39 is 12.8 Å². The third-order valence-electron chi connectivity index (χ3n) is 2.66. The van der Waals surface area contributed by atoms with E-state index in [-0.39, 0.29) is 12.0 Å². The zero-order chi connectivity index (χ0) is 11.4. The van der Waals surface area contributed by atoms with Crippen molar-refractivity contribution in [3.63, 3.8) is 0 Å². The number of hydrogen-bond donors (Lipinski definition) is 1. The van der Waals surface area contributed by atoms with Crippen molar-refractivity contribution in [2.75, 3.05) is 33.0 Å². The number of rotatable bonds is 4. The summed E-state index contributed by atoms with van der Waals surface area (Å²) in [6, 6.07) is 0. The second-order valence-electron chi connectivity index (χ2n) is 3.92. The molecule has 0 radical (unpaired) electrons. The first kappa shape index (κ1) is 12.7. The second kappa shape index (κ2) is 5.14. The van der Waals surface area contributed by atoms with Gasteiger partial charge in [-0.25, -0.2) is 0 Å². The number of hydrogen-bond acceptors (Lipinski definition) is 3. The van der Waals surface area contributed by atoms with Crippen LogP contribution in [0.5, 0.6) is 0 Å². The summed E-state index contributed by atoms with van der Waals surface area (Å²) in [5.41, 5.74) is 5.24. The lowest BCUT2D eigenvalue weighted by molar-refractivity contribution is -0.183. The summed E-state index contributed by atoms with van der Waals surface area (Å²) in [6.45, 7) is 0.301. The Hall–Kier alpha value is -0.330. The van der Waals surface area contributed by atoms with Gasteiger partial charge in [-0.1, -0.05) is 0 Å². The highest BCUT2D eigenvalue weighted by Crippen LogP contribution is 2.30. The van der Waals surface area contributed by atoms with Gasteiger partial charge in [0, 0.05) is 25.2 Å². The van der Waals surface area contributed by atoms with E-state index in [4.69, 9.17) is 10.5 Å². The molecule has 6 heteroatoms. The molecule has 90 valence electrons. The van der Waals surface area contributed by atoms with Crippen LogP contribution < -0.4 is 5.73 Å². The van der Waals surface area contributed by atoms with Crippen molar-refractivity contribution in [1.29, 1.82) is 0 Å². The fourth-order valence-electron chi connectivity index (χ4n) is 1.60. The van der Waals surface area contributed by atoms with Crippen molar-refractivity contribution in [1.82, 2.24) is 0 Å². The molecule has 0 saturated carbocycles. The molecule has 0 atom stereocenters. The molecule has 0 aromatic carbocycles. The largest absolute Gasteiger partial charge is 0.411 e. The molecule has 0 aromatic rings. The van der Waals surface area contributed by atoms with Crippen LogP contribution in [0.4, 0.5) is 13.2 Å². The smallest absolute Gasteiger partial charge is 0.381 e. The van der Waals surface area contributed by atoms with E-state index in [2.05, 4.69) is 4.74 Å². The van der Waals surface area contributed by atoms with Crippen LogP contribution in [0.2, 0.25) is 0 Å². The summed E-state index contributed by atoms with van der Waals surface area (Å²) in [4.78, 5) is 0. The van der Waals surface area contributed by atoms with E-state index in [0.717, 1.165) is 0 Å². The van der Waals surface area contributed by atoms with Crippen LogP contribution in [-0.2, 0) is 9.47 Å². The third kappa shape index (κ3) is 4.36. The van der Waals surface area contributed by atoms with Crippen LogP contribution in [0.25, 0.3) is 0 Å². The maximum absolute atomic E-state index is 11.9. The molecule has 1 heterocycles. The molecule has 15 heavy (non-hydrogen) atoms. The monoisotopic (exact) mass is 227 g/mol. The van der Waals surface area contributed by atoms with Gasteiger partial charge >= 0.3 is 6.18 Å². The van der Waals surface area contributed by atoms with Crippen molar-refractivity contribution in [2.45, 2.75) is 19.0 Å². The SMILES string of the molecule is NCC1(COCC(F)(F)F)CCOCC1. The van der Waals surface area contributed by atoms with E-state index in [1.165, 1.54) is 0 Å². The van der Waals surface area contributed by atoms with Gasteiger partial charge in [-0.15, -0.1) is 0 Å². The van der Waals surface area contributed by atoms with Crippen molar-refractivity contribution in [3.05, 3.63) is 0 Å². The minimum atomic E-state index is -4.26. The zero-order valence-electron chi connectivity index (χ0n) is 8.48. The summed E-state index contributed by atoms with van der Waals surface area (Å²) in [5, 5.41) is 0. The molecule has 1 aliphatic rings. The first-order valence-corrected chi connectivity index (χ1v) is 4.90. The van der Waals surface area contributed by atoms with Crippen molar-refractivity contribution in [3.8, 4) is 0 Å². The zero-order valence-corrected chi connectivity index (χ0v) is 8.48. The van der Waals surface area contributed by atoms with E-state index >= 15 is 0 Å². The molecule has 0 aliphatic carbocycles. The summed E-state index contributed by atoms with van der Waals surface area (Å²) < 4.78 is 45.4. The Morgan fingerprint density at radius 3 is 2.33 bits per heavy atom. The van der Waals surface area contributed by atoms with Gasteiger partial charge in [0.25, 0.3) is 0 Å². The van der Waals surface area contributed by atoms with Gasteiger partial charge in [0.2, 0.25) is 0 Å². The van der Waals surface area contributed by atoms with Crippen LogP contribution >= 0.6 is 0 Å². The molecule has 1 fully saturated rings. The highest BCUT2D eigenvalue weighted by molar-refractivity contribution is 4.82. The predicted octanol–water partition coefficient (Wildman–Crippen LogP) is 1.32. The number of ether oxygens (including phenoxy) is 2. The Morgan fingerprint density at radius 2 is 1.87 bits per heavy atom. The standard InChI is InChI=1S/C9H16F3NO2/c10-9(11,12)7-15-6-8(5-13)1-3-14-4-2-8/h1-7,13H2. The maximum Gasteiger partial charge on any atom is 0.411 e. The Kier molecular flexibility index (Phi) is 4.36. The average molecular weight is 227 g/mol. The van der Waals surface area contributed by atoms with E-state index in [9.17, 15) is 13.2 Å². The summed E-state index contributed by atoms with van der Waals surface area (Å²) in [5.74, 6) is 0. The molecule has 1 aliphatic heterocycles. The van der Waals surface area contributed by atoms with E-state index in [1.54, 1.807) is 0 Å². The van der Waals surface area contributed by atoms with Gasteiger partial charge in [0.15, 0.2) is 0 Å². The fraction of sp³-hybridized carbons (Fsp3) is 1.00. The lowest BCUT2D eigenvalue weighted by atomic mass is 9.81. The van der Waals surface area contributed by atoms with Gasteiger partial charge in [-0.05, 0) is 12.8 Å². The van der Waals surface area contributed by atoms with Gasteiger partial charge < -0.3 is 15.2 Å². The maximum atomic E-state index is 11.9.